The summed E-state index contributed by atoms with van der Waals surface area (Å²) in [5, 5.41) is 0. The molecule has 0 N–H and O–H groups in total. The first-order valence-electron chi connectivity index (χ1n) is 10.4. The quantitative estimate of drug-likeness (QED) is 0.509. The van der Waals surface area contributed by atoms with E-state index in [-0.39, 0.29) is 5.91 Å². The Morgan fingerprint density at radius 1 is 0.871 bits per heavy atom. The summed E-state index contributed by atoms with van der Waals surface area (Å²) < 4.78 is 7.27. The molecule has 5 rings (SSSR count). The van der Waals surface area contributed by atoms with Crippen molar-refractivity contribution in [1.82, 2.24) is 14.5 Å². The van der Waals surface area contributed by atoms with Crippen LogP contribution >= 0.6 is 0 Å². The second-order valence-corrected chi connectivity index (χ2v) is 7.63. The van der Waals surface area contributed by atoms with Crippen LogP contribution in [0.1, 0.15) is 10.4 Å². The summed E-state index contributed by atoms with van der Waals surface area (Å²) in [4.78, 5) is 21.9. The van der Waals surface area contributed by atoms with E-state index in [9.17, 15) is 4.79 Å². The van der Waals surface area contributed by atoms with Gasteiger partial charge < -0.3 is 14.5 Å². The van der Waals surface area contributed by atoms with Crippen molar-refractivity contribution >= 4 is 22.6 Å². The molecule has 0 unspecified atom stereocenters. The number of ether oxygens (including phenoxy) is 1. The first kappa shape index (κ1) is 19.2. The van der Waals surface area contributed by atoms with Crippen LogP contribution in [-0.2, 0) is 0 Å². The molecule has 2 heterocycles. The number of para-hydroxylation sites is 1. The molecule has 1 aliphatic heterocycles. The molecule has 31 heavy (non-hydrogen) atoms. The number of piperazine rings is 1. The number of fused-ring (bicyclic) bond motifs is 1. The number of nitrogens with zero attached hydrogens (tertiary/aromatic N) is 4. The number of hydrogen-bond acceptors (Lipinski definition) is 4. The largest absolute Gasteiger partial charge is 0.497 e. The van der Waals surface area contributed by atoms with Gasteiger partial charge in [-0.15, -0.1) is 0 Å². The summed E-state index contributed by atoms with van der Waals surface area (Å²) in [5.41, 5.74) is 4.71. The van der Waals surface area contributed by atoms with Crippen LogP contribution in [0.5, 0.6) is 5.75 Å². The molecule has 0 radical (unpaired) electrons. The van der Waals surface area contributed by atoms with E-state index in [0.29, 0.717) is 18.7 Å². The van der Waals surface area contributed by atoms with E-state index >= 15 is 0 Å². The lowest BCUT2D eigenvalue weighted by Gasteiger charge is -2.36. The summed E-state index contributed by atoms with van der Waals surface area (Å²) in [6.45, 7) is 3.01. The van der Waals surface area contributed by atoms with Gasteiger partial charge in [-0.2, -0.15) is 0 Å². The minimum atomic E-state index is 0.0607. The maximum Gasteiger partial charge on any atom is 0.254 e. The smallest absolute Gasteiger partial charge is 0.254 e. The van der Waals surface area contributed by atoms with Crippen molar-refractivity contribution in [1.29, 1.82) is 0 Å². The van der Waals surface area contributed by atoms with Crippen LogP contribution in [0, 0.1) is 0 Å². The number of rotatable bonds is 4. The van der Waals surface area contributed by atoms with Crippen molar-refractivity contribution in [3.63, 3.8) is 0 Å². The van der Waals surface area contributed by atoms with Crippen LogP contribution < -0.4 is 9.64 Å². The molecule has 3 aromatic carbocycles. The summed E-state index contributed by atoms with van der Waals surface area (Å²) in [5.74, 6) is 0.910. The van der Waals surface area contributed by atoms with E-state index in [1.165, 1.54) is 0 Å². The maximum atomic E-state index is 13.1. The zero-order valence-corrected chi connectivity index (χ0v) is 17.4. The Labute approximate surface area is 181 Å². The minimum Gasteiger partial charge on any atom is -0.497 e. The number of carbonyl (C=O) groups is 1. The van der Waals surface area contributed by atoms with E-state index in [1.807, 2.05) is 76.5 Å². The molecule has 156 valence electrons. The summed E-state index contributed by atoms with van der Waals surface area (Å²) >= 11 is 0. The van der Waals surface area contributed by atoms with Crippen LogP contribution in [0.4, 0.5) is 5.69 Å². The number of anilines is 1. The molecule has 0 bridgehead atoms. The zero-order chi connectivity index (χ0) is 21.2. The average Bonchev–Trinajstić information content (AvgIpc) is 3.28. The fourth-order valence-corrected chi connectivity index (χ4v) is 4.08. The predicted octanol–water partition coefficient (Wildman–Crippen LogP) is 4.00. The van der Waals surface area contributed by atoms with E-state index in [1.54, 1.807) is 7.11 Å². The fraction of sp³-hybridized carbons (Fsp3) is 0.200. The van der Waals surface area contributed by atoms with Gasteiger partial charge in [0.1, 0.15) is 12.1 Å². The first-order chi connectivity index (χ1) is 15.2. The third-order valence-electron chi connectivity index (χ3n) is 5.83. The molecule has 6 nitrogen and oxygen atoms in total. The second-order valence-electron chi connectivity index (χ2n) is 7.63. The number of imidazole rings is 1. The van der Waals surface area contributed by atoms with Gasteiger partial charge in [-0.25, -0.2) is 4.98 Å². The number of aromatic nitrogens is 2. The highest BCUT2D eigenvalue weighted by Gasteiger charge is 2.23. The Hall–Kier alpha value is -3.80. The normalized spacial score (nSPS) is 14.1. The molecule has 0 spiro atoms. The lowest BCUT2D eigenvalue weighted by molar-refractivity contribution is 0.0747. The lowest BCUT2D eigenvalue weighted by atomic mass is 10.1. The van der Waals surface area contributed by atoms with E-state index in [2.05, 4.69) is 22.0 Å². The average molecular weight is 412 g/mol. The van der Waals surface area contributed by atoms with Crippen LogP contribution in [0.15, 0.2) is 79.1 Å². The minimum absolute atomic E-state index is 0.0607. The molecule has 0 saturated carbocycles. The molecule has 1 amide bonds. The molecule has 0 aliphatic carbocycles. The van der Waals surface area contributed by atoms with Gasteiger partial charge in [-0.05, 0) is 54.6 Å². The van der Waals surface area contributed by atoms with Crippen molar-refractivity contribution in [3.8, 4) is 11.4 Å². The monoisotopic (exact) mass is 412 g/mol. The highest BCUT2D eigenvalue weighted by molar-refractivity contribution is 5.97. The van der Waals surface area contributed by atoms with Crippen LogP contribution in [-0.4, -0.2) is 53.6 Å². The standard InChI is InChI=1S/C25H24N4O2/c1-31-22-10-8-20(9-11-22)27-13-15-28(16-14-27)25(30)19-7-12-24-23(17-19)26-18-29(24)21-5-3-2-4-6-21/h2-12,17-18H,13-16H2,1H3. The number of methoxy groups -OCH3 is 1. The van der Waals surface area contributed by atoms with Gasteiger partial charge in [0.05, 0.1) is 18.1 Å². The number of amides is 1. The van der Waals surface area contributed by atoms with E-state index < -0.39 is 0 Å². The van der Waals surface area contributed by atoms with Gasteiger partial charge in [-0.3, -0.25) is 9.36 Å². The first-order valence-corrected chi connectivity index (χ1v) is 10.4. The Bertz CT molecular complexity index is 1190. The van der Waals surface area contributed by atoms with Crippen molar-refractivity contribution in [2.75, 3.05) is 38.2 Å². The Kier molecular flexibility index (Phi) is 5.04. The molecule has 1 aliphatic rings. The lowest BCUT2D eigenvalue weighted by Crippen LogP contribution is -2.48. The maximum absolute atomic E-state index is 13.1. The summed E-state index contributed by atoms with van der Waals surface area (Å²) in [7, 11) is 1.67. The topological polar surface area (TPSA) is 50.6 Å². The predicted molar refractivity (Wildman–Crippen MR) is 122 cm³/mol. The molecule has 1 saturated heterocycles. The molecular weight excluding hydrogens is 388 g/mol. The molecule has 1 aromatic heterocycles. The molecule has 4 aromatic rings. The van der Waals surface area contributed by atoms with Gasteiger partial charge >= 0.3 is 0 Å². The van der Waals surface area contributed by atoms with Crippen LogP contribution in [0.3, 0.4) is 0 Å². The second kappa shape index (κ2) is 8.14. The van der Waals surface area contributed by atoms with Crippen LogP contribution in [0.2, 0.25) is 0 Å². The number of hydrogen-bond donors (Lipinski definition) is 0. The zero-order valence-electron chi connectivity index (χ0n) is 17.4. The van der Waals surface area contributed by atoms with E-state index in [0.717, 1.165) is 41.2 Å². The fourth-order valence-electron chi connectivity index (χ4n) is 4.08. The molecule has 0 atom stereocenters. The highest BCUT2D eigenvalue weighted by atomic mass is 16.5. The molecule has 6 heteroatoms. The van der Waals surface area contributed by atoms with E-state index in [4.69, 9.17) is 4.74 Å². The number of benzene rings is 3. The van der Waals surface area contributed by atoms with Crippen molar-refractivity contribution in [3.05, 3.63) is 84.7 Å². The third-order valence-corrected chi connectivity index (χ3v) is 5.83. The van der Waals surface area contributed by atoms with Gasteiger partial charge in [0.15, 0.2) is 0 Å². The van der Waals surface area contributed by atoms with Crippen LogP contribution in [0.25, 0.3) is 16.7 Å². The van der Waals surface area contributed by atoms with Crippen molar-refractivity contribution in [2.24, 2.45) is 0 Å². The molecular formula is C25H24N4O2. The van der Waals surface area contributed by atoms with Gasteiger partial charge in [-0.1, -0.05) is 18.2 Å². The summed E-state index contributed by atoms with van der Waals surface area (Å²) in [6, 6.07) is 23.9. The Morgan fingerprint density at radius 2 is 1.61 bits per heavy atom. The summed E-state index contributed by atoms with van der Waals surface area (Å²) in [6.07, 6.45) is 1.81. The Morgan fingerprint density at radius 3 is 2.32 bits per heavy atom. The number of carbonyl (C=O) groups excluding carboxylic acids is 1. The van der Waals surface area contributed by atoms with Gasteiger partial charge in [0, 0.05) is 43.1 Å². The molecule has 1 fully saturated rings. The van der Waals surface area contributed by atoms with Gasteiger partial charge in [0.25, 0.3) is 5.91 Å². The third kappa shape index (κ3) is 3.72. The Balaban J connectivity index is 1.29. The van der Waals surface area contributed by atoms with Crippen molar-refractivity contribution in [2.45, 2.75) is 0 Å². The van der Waals surface area contributed by atoms with Crippen molar-refractivity contribution < 1.29 is 9.53 Å². The van der Waals surface area contributed by atoms with Gasteiger partial charge in [0.2, 0.25) is 0 Å². The highest BCUT2D eigenvalue weighted by Crippen LogP contribution is 2.23. The SMILES string of the molecule is COc1ccc(N2CCN(C(=O)c3ccc4c(c3)ncn4-c3ccccc3)CC2)cc1.